The molecule has 156 valence electrons. The van der Waals surface area contributed by atoms with Gasteiger partial charge in [-0.05, 0) is 68.8 Å². The molecule has 0 spiro atoms. The van der Waals surface area contributed by atoms with E-state index in [2.05, 4.69) is 21.5 Å². The summed E-state index contributed by atoms with van der Waals surface area (Å²) < 4.78 is 33.7. The van der Waals surface area contributed by atoms with E-state index in [1.165, 1.54) is 38.5 Å². The van der Waals surface area contributed by atoms with Gasteiger partial charge in [-0.15, -0.1) is 10.2 Å². The average Bonchev–Trinajstić information content (AvgIpc) is 2.98. The lowest BCUT2D eigenvalue weighted by Gasteiger charge is -2.56. The van der Waals surface area contributed by atoms with Crippen molar-refractivity contribution in [3.63, 3.8) is 0 Å². The number of hydrogen-bond donors (Lipinski definition) is 1. The Morgan fingerprint density at radius 3 is 2.41 bits per heavy atom. The highest BCUT2D eigenvalue weighted by Crippen LogP contribution is 2.60. The number of nitrogens with zero attached hydrogens (tertiary/aromatic N) is 3. The molecule has 7 nitrogen and oxygen atoms in total. The minimum absolute atomic E-state index is 0.164. The minimum atomic E-state index is -3.44. The first-order valence-electron chi connectivity index (χ1n) is 10.3. The van der Waals surface area contributed by atoms with Gasteiger partial charge in [0.05, 0.1) is 12.9 Å². The minimum Gasteiger partial charge on any atom is -0.492 e. The van der Waals surface area contributed by atoms with Crippen LogP contribution in [0.25, 0.3) is 11.2 Å². The highest BCUT2D eigenvalue weighted by atomic mass is 32.2. The van der Waals surface area contributed by atoms with Gasteiger partial charge in [0.25, 0.3) is 0 Å². The molecule has 0 aromatic carbocycles. The van der Waals surface area contributed by atoms with Crippen molar-refractivity contribution in [1.82, 2.24) is 14.6 Å². The maximum absolute atomic E-state index is 11.6. The van der Waals surface area contributed by atoms with Crippen LogP contribution in [0.4, 0.5) is 5.95 Å². The number of sulfonamides is 1. The van der Waals surface area contributed by atoms with E-state index >= 15 is 0 Å². The predicted molar refractivity (Wildman–Crippen MR) is 112 cm³/mol. The first-order valence-corrected chi connectivity index (χ1v) is 12.2. The van der Waals surface area contributed by atoms with E-state index in [1.807, 2.05) is 13.0 Å². The van der Waals surface area contributed by atoms with Gasteiger partial charge in [0.1, 0.15) is 5.75 Å². The molecule has 0 aliphatic heterocycles. The summed E-state index contributed by atoms with van der Waals surface area (Å²) in [7, 11) is -3.44. The average molecular weight is 417 g/mol. The maximum atomic E-state index is 11.6. The second-order valence-electron chi connectivity index (χ2n) is 9.66. The number of allylic oxidation sites excluding steroid dienone is 1. The van der Waals surface area contributed by atoms with Gasteiger partial charge < -0.3 is 4.74 Å². The summed E-state index contributed by atoms with van der Waals surface area (Å²) in [4.78, 5) is 0. The van der Waals surface area contributed by atoms with E-state index < -0.39 is 10.0 Å². The summed E-state index contributed by atoms with van der Waals surface area (Å²) in [6.07, 6.45) is 11.0. The second-order valence-corrected chi connectivity index (χ2v) is 11.4. The third-order valence-electron chi connectivity index (χ3n) is 6.94. The largest absolute Gasteiger partial charge is 0.492 e. The first kappa shape index (κ1) is 18.9. The van der Waals surface area contributed by atoms with Crippen molar-refractivity contribution in [2.45, 2.75) is 45.4 Å². The molecule has 4 fully saturated rings. The summed E-state index contributed by atoms with van der Waals surface area (Å²) in [5, 5.41) is 8.09. The Balaban J connectivity index is 1.44. The normalized spacial score (nSPS) is 30.6. The van der Waals surface area contributed by atoms with Crippen LogP contribution in [0, 0.1) is 23.2 Å². The van der Waals surface area contributed by atoms with Crippen LogP contribution in [0.15, 0.2) is 18.8 Å². The molecule has 2 aromatic rings. The topological polar surface area (TPSA) is 85.6 Å². The summed E-state index contributed by atoms with van der Waals surface area (Å²) in [6, 6.07) is 1.84. The lowest BCUT2D eigenvalue weighted by Crippen LogP contribution is -2.48. The third-order valence-corrected chi connectivity index (χ3v) is 7.49. The number of fused-ring (bicyclic) bond motifs is 1. The van der Waals surface area contributed by atoms with Crippen molar-refractivity contribution in [3.05, 3.63) is 24.4 Å². The monoisotopic (exact) mass is 416 g/mol. The molecule has 0 unspecified atom stereocenters. The molecule has 0 radical (unpaired) electrons. The lowest BCUT2D eigenvalue weighted by atomic mass is 9.50. The Hall–Kier alpha value is -2.09. The third kappa shape index (κ3) is 3.52. The van der Waals surface area contributed by atoms with Crippen molar-refractivity contribution < 1.29 is 13.2 Å². The van der Waals surface area contributed by atoms with Gasteiger partial charge in [-0.3, -0.25) is 9.12 Å². The SMILES string of the molecule is C=C(C)c1cn2c(NS(C)(=O)=O)nnc2cc1OCC12CC3CC(CC(C3)C1)C2. The second kappa shape index (κ2) is 6.45. The standard InChI is InChI=1S/C21H28N4O3S/c1-13(2)17-11-25-19(22-23-20(25)24-29(3,26)27)7-18(17)28-12-21-8-14-4-15(9-21)6-16(5-14)10-21/h7,11,14-16H,1,4-6,8-10,12H2,2-3H3,(H,23,24). The van der Waals surface area contributed by atoms with Crippen LogP contribution in [0.5, 0.6) is 5.75 Å². The zero-order chi connectivity index (χ0) is 20.4. The fraction of sp³-hybridized carbons (Fsp3) is 0.619. The Kier molecular flexibility index (Phi) is 4.21. The molecule has 2 heterocycles. The van der Waals surface area contributed by atoms with Crippen LogP contribution in [-0.4, -0.2) is 35.9 Å². The fourth-order valence-corrected chi connectivity index (χ4v) is 6.76. The zero-order valence-electron chi connectivity index (χ0n) is 17.0. The predicted octanol–water partition coefficient (Wildman–Crippen LogP) is 3.73. The van der Waals surface area contributed by atoms with Gasteiger partial charge in [-0.25, -0.2) is 8.42 Å². The van der Waals surface area contributed by atoms with E-state index in [0.29, 0.717) is 11.1 Å². The molecule has 29 heavy (non-hydrogen) atoms. The van der Waals surface area contributed by atoms with Gasteiger partial charge >= 0.3 is 0 Å². The van der Waals surface area contributed by atoms with Crippen LogP contribution in [0.1, 0.15) is 51.0 Å². The van der Waals surface area contributed by atoms with Crippen molar-refractivity contribution in [2.75, 3.05) is 17.6 Å². The van der Waals surface area contributed by atoms with Crippen molar-refractivity contribution in [1.29, 1.82) is 0 Å². The van der Waals surface area contributed by atoms with Crippen LogP contribution in [-0.2, 0) is 10.0 Å². The smallest absolute Gasteiger partial charge is 0.242 e. The van der Waals surface area contributed by atoms with E-state index in [-0.39, 0.29) is 5.95 Å². The Bertz CT molecular complexity index is 1050. The number of nitrogens with one attached hydrogen (secondary N) is 1. The Morgan fingerprint density at radius 2 is 1.86 bits per heavy atom. The Morgan fingerprint density at radius 1 is 1.24 bits per heavy atom. The molecule has 4 aliphatic rings. The van der Waals surface area contributed by atoms with E-state index in [4.69, 9.17) is 4.74 Å². The fourth-order valence-electron chi connectivity index (χ4n) is 6.29. The van der Waals surface area contributed by atoms with Gasteiger partial charge in [0.2, 0.25) is 16.0 Å². The lowest BCUT2D eigenvalue weighted by molar-refractivity contribution is -0.0745. The first-order chi connectivity index (χ1) is 13.7. The number of rotatable bonds is 6. The van der Waals surface area contributed by atoms with Crippen molar-refractivity contribution >= 4 is 27.2 Å². The van der Waals surface area contributed by atoms with E-state index in [0.717, 1.165) is 47.5 Å². The van der Waals surface area contributed by atoms with Crippen LogP contribution in [0.2, 0.25) is 0 Å². The van der Waals surface area contributed by atoms with Crippen LogP contribution in [0.3, 0.4) is 0 Å². The molecule has 6 rings (SSSR count). The molecule has 4 bridgehead atoms. The van der Waals surface area contributed by atoms with E-state index in [9.17, 15) is 8.42 Å². The maximum Gasteiger partial charge on any atom is 0.242 e. The summed E-state index contributed by atoms with van der Waals surface area (Å²) >= 11 is 0. The van der Waals surface area contributed by atoms with Crippen molar-refractivity contribution in [3.8, 4) is 5.75 Å². The van der Waals surface area contributed by atoms with Gasteiger partial charge in [-0.2, -0.15) is 0 Å². The molecular weight excluding hydrogens is 388 g/mol. The molecule has 2 aromatic heterocycles. The molecule has 4 saturated carbocycles. The van der Waals surface area contributed by atoms with Gasteiger partial charge in [0, 0.05) is 23.2 Å². The van der Waals surface area contributed by atoms with Gasteiger partial charge in [0.15, 0.2) is 5.65 Å². The number of anilines is 1. The molecule has 0 atom stereocenters. The highest BCUT2D eigenvalue weighted by Gasteiger charge is 2.51. The molecule has 8 heteroatoms. The van der Waals surface area contributed by atoms with Crippen molar-refractivity contribution in [2.24, 2.45) is 23.2 Å². The number of aromatic nitrogens is 3. The molecule has 1 N–H and O–H groups in total. The molecule has 4 aliphatic carbocycles. The van der Waals surface area contributed by atoms with Crippen LogP contribution >= 0.6 is 0 Å². The number of hydrogen-bond acceptors (Lipinski definition) is 5. The van der Waals surface area contributed by atoms with Crippen LogP contribution < -0.4 is 9.46 Å². The quantitative estimate of drug-likeness (QED) is 0.775. The molecular formula is C21H28N4O3S. The Labute approximate surface area is 171 Å². The highest BCUT2D eigenvalue weighted by molar-refractivity contribution is 7.92. The molecule has 0 amide bonds. The number of ether oxygens (including phenoxy) is 1. The van der Waals surface area contributed by atoms with E-state index in [1.54, 1.807) is 10.6 Å². The van der Waals surface area contributed by atoms with Gasteiger partial charge in [-0.1, -0.05) is 6.58 Å². The molecule has 0 saturated heterocycles. The summed E-state index contributed by atoms with van der Waals surface area (Å²) in [5.41, 5.74) is 2.55. The summed E-state index contributed by atoms with van der Waals surface area (Å²) in [6.45, 7) is 6.74. The summed E-state index contributed by atoms with van der Waals surface area (Å²) in [5.74, 6) is 3.56. The zero-order valence-corrected chi connectivity index (χ0v) is 17.8. The number of pyridine rings is 1.